The molecular formula is C8H9AsCl2. The Kier molecular flexibility index (Phi) is 3.78. The Hall–Kier alpha value is 0.358. The molecule has 0 fully saturated rings. The molecule has 0 aliphatic rings. The van der Waals surface area contributed by atoms with Crippen LogP contribution in [0.15, 0.2) is 24.3 Å². The van der Waals surface area contributed by atoms with E-state index in [1.165, 1.54) is 4.35 Å². The van der Waals surface area contributed by atoms with Crippen LogP contribution in [0.2, 0.25) is 10.2 Å². The maximum absolute atomic E-state index is 6.16. The first kappa shape index (κ1) is 9.45. The van der Waals surface area contributed by atoms with Crippen molar-refractivity contribution in [1.29, 1.82) is 0 Å². The van der Waals surface area contributed by atoms with Crippen LogP contribution in [0.25, 0.3) is 0 Å². The molecule has 0 amide bonds. The Morgan fingerprint density at radius 2 is 2.00 bits per heavy atom. The fraction of sp³-hybridized carbons (Fsp3) is 0.250. The number of rotatable bonds is 2. The Bertz CT molecular complexity index is 237. The van der Waals surface area contributed by atoms with E-state index < -0.39 is 13.7 Å². The Labute approximate surface area is 80.9 Å². The van der Waals surface area contributed by atoms with Crippen LogP contribution in [0.5, 0.6) is 0 Å². The van der Waals surface area contributed by atoms with Crippen molar-refractivity contribution in [3.63, 3.8) is 0 Å². The molecule has 1 atom stereocenters. The van der Waals surface area contributed by atoms with Gasteiger partial charge in [0.1, 0.15) is 0 Å². The summed E-state index contributed by atoms with van der Waals surface area (Å²) in [6, 6.07) is 7.84. The molecule has 0 aromatic heterocycles. The summed E-state index contributed by atoms with van der Waals surface area (Å²) in [6.07, 6.45) is 0. The van der Waals surface area contributed by atoms with Crippen molar-refractivity contribution in [1.82, 2.24) is 0 Å². The van der Waals surface area contributed by atoms with Crippen molar-refractivity contribution in [2.75, 3.05) is 0 Å². The quantitative estimate of drug-likeness (QED) is 0.709. The number of halogens is 2. The SMILES string of the molecule is CC[As](Cl)c1ccccc1Cl. The van der Waals surface area contributed by atoms with Crippen LogP contribution in [-0.2, 0) is 0 Å². The first-order valence-corrected chi connectivity index (χ1v) is 8.54. The average Bonchev–Trinajstić information content (AvgIpc) is 2.04. The molecule has 0 N–H and O–H groups in total. The molecule has 0 nitrogen and oxygen atoms in total. The van der Waals surface area contributed by atoms with Gasteiger partial charge < -0.3 is 0 Å². The summed E-state index contributed by atoms with van der Waals surface area (Å²) in [5.74, 6) is 0. The number of benzene rings is 1. The first-order chi connectivity index (χ1) is 5.25. The topological polar surface area (TPSA) is 0 Å². The molecule has 1 aromatic rings. The van der Waals surface area contributed by atoms with Gasteiger partial charge in [-0.2, -0.15) is 0 Å². The molecule has 0 aliphatic carbocycles. The third-order valence-corrected chi connectivity index (χ3v) is 7.28. The van der Waals surface area contributed by atoms with E-state index >= 15 is 0 Å². The van der Waals surface area contributed by atoms with Crippen LogP contribution < -0.4 is 4.35 Å². The number of hydrogen-bond acceptors (Lipinski definition) is 0. The monoisotopic (exact) mass is 250 g/mol. The molecular weight excluding hydrogens is 242 g/mol. The van der Waals surface area contributed by atoms with Crippen molar-refractivity contribution in [2.24, 2.45) is 0 Å². The standard InChI is InChI=1S/C8H9AsCl2/c1-2-9(11)7-5-3-4-6-8(7)10/h3-6H,2H2,1H3. The first-order valence-electron chi connectivity index (χ1n) is 3.43. The predicted molar refractivity (Wildman–Crippen MR) is 53.2 cm³/mol. The Morgan fingerprint density at radius 1 is 1.36 bits per heavy atom. The number of hydrogen-bond donors (Lipinski definition) is 0. The third kappa shape index (κ3) is 2.40. The van der Waals surface area contributed by atoms with Gasteiger partial charge in [0.05, 0.1) is 0 Å². The van der Waals surface area contributed by atoms with Gasteiger partial charge in [0.2, 0.25) is 0 Å². The molecule has 11 heavy (non-hydrogen) atoms. The minimum absolute atomic E-state index is 0.823. The zero-order chi connectivity index (χ0) is 8.27. The molecule has 1 aromatic carbocycles. The summed E-state index contributed by atoms with van der Waals surface area (Å²) in [5.41, 5.74) is 0. The molecule has 0 aliphatic heterocycles. The van der Waals surface area contributed by atoms with E-state index in [1.807, 2.05) is 24.3 Å². The zero-order valence-electron chi connectivity index (χ0n) is 6.22. The van der Waals surface area contributed by atoms with E-state index in [1.54, 1.807) is 0 Å². The predicted octanol–water partition coefficient (Wildman–Crippen LogP) is 2.80. The van der Waals surface area contributed by atoms with Gasteiger partial charge in [-0.15, -0.1) is 0 Å². The molecule has 0 radical (unpaired) electrons. The normalized spacial score (nSPS) is 13.0. The second-order valence-electron chi connectivity index (χ2n) is 2.13. The van der Waals surface area contributed by atoms with Crippen LogP contribution >= 0.6 is 21.6 Å². The van der Waals surface area contributed by atoms with E-state index in [2.05, 4.69) is 6.92 Å². The summed E-state index contributed by atoms with van der Waals surface area (Å²) < 4.78 is 1.17. The van der Waals surface area contributed by atoms with Crippen molar-refractivity contribution in [3.8, 4) is 0 Å². The molecule has 60 valence electrons. The second kappa shape index (κ2) is 4.40. The van der Waals surface area contributed by atoms with Gasteiger partial charge in [0, 0.05) is 0 Å². The molecule has 1 unspecified atom stereocenters. The molecule has 3 heteroatoms. The maximum atomic E-state index is 6.16. The Balaban J connectivity index is 2.93. The van der Waals surface area contributed by atoms with E-state index in [0.29, 0.717) is 0 Å². The summed E-state index contributed by atoms with van der Waals surface area (Å²) in [6.45, 7) is 2.11. The van der Waals surface area contributed by atoms with E-state index in [-0.39, 0.29) is 0 Å². The third-order valence-electron chi connectivity index (χ3n) is 1.39. The molecule has 0 bridgehead atoms. The van der Waals surface area contributed by atoms with Gasteiger partial charge in [0.15, 0.2) is 0 Å². The minimum atomic E-state index is -1.30. The molecule has 0 saturated carbocycles. The summed E-state index contributed by atoms with van der Waals surface area (Å²) in [5, 5.41) is 1.88. The van der Waals surface area contributed by atoms with Crippen molar-refractivity contribution in [2.45, 2.75) is 12.1 Å². The van der Waals surface area contributed by atoms with Gasteiger partial charge in [0.25, 0.3) is 0 Å². The van der Waals surface area contributed by atoms with Gasteiger partial charge in [-0.1, -0.05) is 0 Å². The fourth-order valence-corrected chi connectivity index (χ4v) is 4.35. The fourth-order valence-electron chi connectivity index (χ4n) is 0.819. The molecule has 0 spiro atoms. The Morgan fingerprint density at radius 3 is 2.55 bits per heavy atom. The van der Waals surface area contributed by atoms with Crippen LogP contribution in [-0.4, -0.2) is 13.7 Å². The van der Waals surface area contributed by atoms with Crippen molar-refractivity contribution in [3.05, 3.63) is 29.3 Å². The summed E-state index contributed by atoms with van der Waals surface area (Å²) >= 11 is 4.65. The summed E-state index contributed by atoms with van der Waals surface area (Å²) in [7, 11) is 6.16. The van der Waals surface area contributed by atoms with Crippen LogP contribution in [0.1, 0.15) is 6.92 Å². The molecule has 0 saturated heterocycles. The van der Waals surface area contributed by atoms with E-state index in [4.69, 9.17) is 21.6 Å². The van der Waals surface area contributed by atoms with Crippen molar-refractivity contribution >= 4 is 39.6 Å². The van der Waals surface area contributed by atoms with Gasteiger partial charge in [-0.05, 0) is 0 Å². The van der Waals surface area contributed by atoms with Gasteiger partial charge in [-0.3, -0.25) is 0 Å². The average molecular weight is 251 g/mol. The molecule has 0 heterocycles. The molecule has 1 rings (SSSR count). The van der Waals surface area contributed by atoms with Crippen LogP contribution in [0.3, 0.4) is 0 Å². The van der Waals surface area contributed by atoms with Gasteiger partial charge >= 0.3 is 81.0 Å². The van der Waals surface area contributed by atoms with E-state index in [9.17, 15) is 0 Å². The van der Waals surface area contributed by atoms with Crippen LogP contribution in [0, 0.1) is 0 Å². The van der Waals surface area contributed by atoms with E-state index in [0.717, 1.165) is 10.2 Å². The van der Waals surface area contributed by atoms with Crippen molar-refractivity contribution < 1.29 is 0 Å². The van der Waals surface area contributed by atoms with Crippen LogP contribution in [0.4, 0.5) is 0 Å². The van der Waals surface area contributed by atoms with Gasteiger partial charge in [-0.25, -0.2) is 0 Å². The zero-order valence-corrected chi connectivity index (χ0v) is 9.61. The summed E-state index contributed by atoms with van der Waals surface area (Å²) in [4.78, 5) is 0. The second-order valence-corrected chi connectivity index (χ2v) is 8.51.